The molecule has 0 saturated carbocycles. The number of benzene rings is 3. The molecule has 0 unspecified atom stereocenters. The van der Waals surface area contributed by atoms with Crippen molar-refractivity contribution in [2.24, 2.45) is 0 Å². The van der Waals surface area contributed by atoms with Crippen molar-refractivity contribution in [2.75, 3.05) is 6.54 Å². The second-order valence-electron chi connectivity index (χ2n) is 8.40. The zero-order valence-electron chi connectivity index (χ0n) is 19.4. The van der Waals surface area contributed by atoms with Crippen molar-refractivity contribution >= 4 is 16.8 Å². The summed E-state index contributed by atoms with van der Waals surface area (Å²) in [7, 11) is 0. The first kappa shape index (κ1) is 24.4. The van der Waals surface area contributed by atoms with Crippen LogP contribution >= 0.6 is 0 Å². The van der Waals surface area contributed by atoms with E-state index in [9.17, 15) is 18.0 Å². The summed E-state index contributed by atoms with van der Waals surface area (Å²) >= 11 is 0. The van der Waals surface area contributed by atoms with Crippen molar-refractivity contribution in [1.29, 1.82) is 0 Å². The van der Waals surface area contributed by atoms with Gasteiger partial charge in [-0.05, 0) is 60.5 Å². The van der Waals surface area contributed by atoms with Gasteiger partial charge in [-0.2, -0.15) is 13.2 Å². The molecular weight excluding hydrogens is 453 g/mol. The summed E-state index contributed by atoms with van der Waals surface area (Å²) in [5, 5.41) is 3.79. The molecule has 0 aliphatic carbocycles. The largest absolute Gasteiger partial charge is 0.487 e. The third-order valence-corrected chi connectivity index (χ3v) is 5.82. The number of ether oxygens (including phenoxy) is 1. The zero-order valence-corrected chi connectivity index (χ0v) is 19.4. The van der Waals surface area contributed by atoms with Gasteiger partial charge in [-0.25, -0.2) is 0 Å². The Morgan fingerprint density at radius 3 is 2.40 bits per heavy atom. The van der Waals surface area contributed by atoms with Crippen LogP contribution < -0.4 is 10.1 Å². The molecule has 1 amide bonds. The van der Waals surface area contributed by atoms with Crippen molar-refractivity contribution in [3.05, 3.63) is 101 Å². The van der Waals surface area contributed by atoms with Gasteiger partial charge in [0.2, 0.25) is 0 Å². The molecule has 1 heterocycles. The van der Waals surface area contributed by atoms with E-state index in [1.807, 2.05) is 53.1 Å². The van der Waals surface area contributed by atoms with Crippen LogP contribution in [0.4, 0.5) is 13.2 Å². The number of nitrogens with one attached hydrogen (secondary N) is 1. The number of hydrogen-bond donors (Lipinski definition) is 1. The Labute approximate surface area is 202 Å². The predicted molar refractivity (Wildman–Crippen MR) is 130 cm³/mol. The van der Waals surface area contributed by atoms with Gasteiger partial charge in [0, 0.05) is 29.6 Å². The van der Waals surface area contributed by atoms with E-state index >= 15 is 0 Å². The van der Waals surface area contributed by atoms with Gasteiger partial charge in [-0.3, -0.25) is 4.79 Å². The number of alkyl halides is 3. The summed E-state index contributed by atoms with van der Waals surface area (Å²) in [4.78, 5) is 12.5. The van der Waals surface area contributed by atoms with Gasteiger partial charge in [-0.15, -0.1) is 0 Å². The highest BCUT2D eigenvalue weighted by Gasteiger charge is 2.30. The molecule has 0 aliphatic heterocycles. The topological polar surface area (TPSA) is 43.3 Å². The number of amides is 1. The van der Waals surface area contributed by atoms with Crippen LogP contribution in [0.5, 0.6) is 5.75 Å². The van der Waals surface area contributed by atoms with Crippen LogP contribution in [0.15, 0.2) is 78.9 Å². The maximum atomic E-state index is 13.0. The maximum Gasteiger partial charge on any atom is 0.416 e. The number of nitrogens with zero attached hydrogens (tertiary/aromatic N) is 1. The van der Waals surface area contributed by atoms with Crippen LogP contribution in [0.1, 0.15) is 46.9 Å². The average molecular weight is 481 g/mol. The number of carbonyl (C=O) groups is 1. The van der Waals surface area contributed by atoms with Crippen LogP contribution in [0, 0.1) is 0 Å². The normalized spacial score (nSPS) is 11.5. The number of hydrogen-bond acceptors (Lipinski definition) is 2. The second kappa shape index (κ2) is 10.7. The van der Waals surface area contributed by atoms with Crippen LogP contribution in [0.3, 0.4) is 0 Å². The van der Waals surface area contributed by atoms with Crippen LogP contribution in [0.2, 0.25) is 0 Å². The molecular formula is C28H27F3N2O2. The van der Waals surface area contributed by atoms with E-state index in [0.717, 1.165) is 52.9 Å². The third-order valence-electron chi connectivity index (χ3n) is 5.82. The molecule has 0 aliphatic rings. The summed E-state index contributed by atoms with van der Waals surface area (Å²) in [5.74, 6) is 0.591. The number of fused-ring (bicyclic) bond motifs is 1. The molecule has 0 spiro atoms. The smallest absolute Gasteiger partial charge is 0.416 e. The average Bonchev–Trinajstić information content (AvgIpc) is 3.19. The van der Waals surface area contributed by atoms with E-state index in [1.165, 1.54) is 12.1 Å². The van der Waals surface area contributed by atoms with Gasteiger partial charge in [-0.1, -0.05) is 43.7 Å². The minimum Gasteiger partial charge on any atom is -0.487 e. The van der Waals surface area contributed by atoms with Crippen molar-refractivity contribution < 1.29 is 22.7 Å². The minimum atomic E-state index is -4.37. The Kier molecular flexibility index (Phi) is 7.44. The third kappa shape index (κ3) is 6.04. The molecule has 182 valence electrons. The van der Waals surface area contributed by atoms with Crippen molar-refractivity contribution in [2.45, 2.75) is 39.1 Å². The standard InChI is InChI=1S/C28H27F3N2O2/c1-2-3-15-32-27(34)21-11-14-26-22(16-21)17-24(19-35-25-7-5-4-6-8-25)33(26)18-20-9-12-23(13-10-20)28(29,30)31/h4-14,16-17H,2-3,15,18-19H2,1H3,(H,32,34). The lowest BCUT2D eigenvalue weighted by Gasteiger charge is -2.13. The molecule has 35 heavy (non-hydrogen) atoms. The highest BCUT2D eigenvalue weighted by atomic mass is 19.4. The summed E-state index contributed by atoms with van der Waals surface area (Å²) in [6, 6.07) is 22.0. The minimum absolute atomic E-state index is 0.127. The number of rotatable bonds is 9. The first-order valence-electron chi connectivity index (χ1n) is 11.6. The number of aromatic nitrogens is 1. The lowest BCUT2D eigenvalue weighted by molar-refractivity contribution is -0.137. The SMILES string of the molecule is CCCCNC(=O)c1ccc2c(c1)cc(COc1ccccc1)n2Cc1ccc(C(F)(F)F)cc1. The van der Waals surface area contributed by atoms with Crippen molar-refractivity contribution in [3.8, 4) is 5.75 Å². The Morgan fingerprint density at radius 2 is 1.71 bits per heavy atom. The molecule has 0 atom stereocenters. The summed E-state index contributed by atoms with van der Waals surface area (Å²) in [6.07, 6.45) is -2.46. The first-order valence-corrected chi connectivity index (χ1v) is 11.6. The lowest BCUT2D eigenvalue weighted by atomic mass is 10.1. The molecule has 0 fully saturated rings. The molecule has 4 nitrogen and oxygen atoms in total. The Hall–Kier alpha value is -3.74. The van der Waals surface area contributed by atoms with Gasteiger partial charge in [0.25, 0.3) is 5.91 Å². The number of para-hydroxylation sites is 1. The van der Waals surface area contributed by atoms with Gasteiger partial charge >= 0.3 is 6.18 Å². The highest BCUT2D eigenvalue weighted by molar-refractivity contribution is 5.98. The molecule has 1 aromatic heterocycles. The van der Waals surface area contributed by atoms with E-state index < -0.39 is 11.7 Å². The van der Waals surface area contributed by atoms with Gasteiger partial charge in [0.1, 0.15) is 12.4 Å². The zero-order chi connectivity index (χ0) is 24.8. The summed E-state index contributed by atoms with van der Waals surface area (Å²) < 4.78 is 46.9. The molecule has 0 saturated heterocycles. The molecule has 3 aromatic carbocycles. The van der Waals surface area contributed by atoms with E-state index in [-0.39, 0.29) is 12.5 Å². The van der Waals surface area contributed by atoms with Crippen LogP contribution in [-0.2, 0) is 19.3 Å². The van der Waals surface area contributed by atoms with E-state index in [4.69, 9.17) is 4.74 Å². The van der Waals surface area contributed by atoms with E-state index in [2.05, 4.69) is 12.2 Å². The molecule has 4 aromatic rings. The molecule has 1 N–H and O–H groups in total. The van der Waals surface area contributed by atoms with E-state index in [0.29, 0.717) is 18.7 Å². The summed E-state index contributed by atoms with van der Waals surface area (Å²) in [5.41, 5.74) is 2.35. The Balaban J connectivity index is 1.64. The van der Waals surface area contributed by atoms with Crippen molar-refractivity contribution in [3.63, 3.8) is 0 Å². The van der Waals surface area contributed by atoms with E-state index in [1.54, 1.807) is 6.07 Å². The molecule has 7 heteroatoms. The monoisotopic (exact) mass is 480 g/mol. The van der Waals surface area contributed by atoms with Crippen LogP contribution in [0.25, 0.3) is 10.9 Å². The van der Waals surface area contributed by atoms with Gasteiger partial charge in [0.15, 0.2) is 0 Å². The maximum absolute atomic E-state index is 13.0. The lowest BCUT2D eigenvalue weighted by Crippen LogP contribution is -2.24. The number of unbranched alkanes of at least 4 members (excludes halogenated alkanes) is 1. The van der Waals surface area contributed by atoms with Crippen LogP contribution in [-0.4, -0.2) is 17.0 Å². The van der Waals surface area contributed by atoms with Crippen molar-refractivity contribution in [1.82, 2.24) is 9.88 Å². The Morgan fingerprint density at radius 1 is 0.971 bits per heavy atom. The summed E-state index contributed by atoms with van der Waals surface area (Å²) in [6.45, 7) is 3.34. The number of halogens is 3. The predicted octanol–water partition coefficient (Wildman–Crippen LogP) is 6.82. The second-order valence-corrected chi connectivity index (χ2v) is 8.40. The first-order chi connectivity index (χ1) is 16.8. The quantitative estimate of drug-likeness (QED) is 0.267. The Bertz CT molecular complexity index is 1280. The highest BCUT2D eigenvalue weighted by Crippen LogP contribution is 2.30. The molecule has 0 bridgehead atoms. The molecule has 4 rings (SSSR count). The fraction of sp³-hybridized carbons (Fsp3) is 0.250. The fourth-order valence-corrected chi connectivity index (χ4v) is 3.91. The molecule has 0 radical (unpaired) electrons. The van der Waals surface area contributed by atoms with Gasteiger partial charge in [0.05, 0.1) is 11.3 Å². The number of carbonyl (C=O) groups excluding carboxylic acids is 1. The van der Waals surface area contributed by atoms with Gasteiger partial charge < -0.3 is 14.6 Å². The fourth-order valence-electron chi connectivity index (χ4n) is 3.91.